The van der Waals surface area contributed by atoms with Crippen LogP contribution in [-0.4, -0.2) is 32.1 Å². The van der Waals surface area contributed by atoms with Gasteiger partial charge in [-0.3, -0.25) is 9.88 Å². The zero-order valence-corrected chi connectivity index (χ0v) is 13.0. The Labute approximate surface area is 124 Å². The van der Waals surface area contributed by atoms with E-state index in [9.17, 15) is 5.11 Å². The minimum atomic E-state index is -0.298. The molecule has 0 aromatic carbocycles. The topological polar surface area (TPSA) is 49.2 Å². The van der Waals surface area contributed by atoms with Gasteiger partial charge in [-0.05, 0) is 32.9 Å². The standard InChI is InChI=1S/C15H21N3OS/c1-12-14(20-11-17-12)9-18(15(2,3)10-19)8-13-6-4-5-7-16-13/h4-7,11,19H,8-10H2,1-3H3. The predicted octanol–water partition coefficient (Wildman–Crippen LogP) is 2.62. The molecular weight excluding hydrogens is 270 g/mol. The first-order valence-corrected chi connectivity index (χ1v) is 7.55. The van der Waals surface area contributed by atoms with Gasteiger partial charge in [0.15, 0.2) is 0 Å². The van der Waals surface area contributed by atoms with Crippen LogP contribution < -0.4 is 0 Å². The first-order valence-electron chi connectivity index (χ1n) is 6.68. The van der Waals surface area contributed by atoms with Crippen LogP contribution in [0.2, 0.25) is 0 Å². The molecule has 1 N–H and O–H groups in total. The van der Waals surface area contributed by atoms with E-state index in [0.717, 1.165) is 17.9 Å². The average molecular weight is 291 g/mol. The Balaban J connectivity index is 2.19. The highest BCUT2D eigenvalue weighted by Gasteiger charge is 2.27. The van der Waals surface area contributed by atoms with Gasteiger partial charge in [0.2, 0.25) is 0 Å². The van der Waals surface area contributed by atoms with Crippen molar-refractivity contribution < 1.29 is 5.11 Å². The Kier molecular flexibility index (Phi) is 4.86. The fourth-order valence-corrected chi connectivity index (χ4v) is 2.71. The number of aliphatic hydroxyl groups is 1. The smallest absolute Gasteiger partial charge is 0.0798 e. The minimum absolute atomic E-state index is 0.109. The number of aromatic nitrogens is 2. The molecule has 0 saturated carbocycles. The normalized spacial score (nSPS) is 12.1. The van der Waals surface area contributed by atoms with Crippen molar-refractivity contribution in [2.24, 2.45) is 0 Å². The third kappa shape index (κ3) is 3.62. The second kappa shape index (κ2) is 6.43. The average Bonchev–Trinajstić information content (AvgIpc) is 2.85. The van der Waals surface area contributed by atoms with Crippen LogP contribution in [0.25, 0.3) is 0 Å². The summed E-state index contributed by atoms with van der Waals surface area (Å²) < 4.78 is 0. The molecule has 2 aromatic heterocycles. The van der Waals surface area contributed by atoms with E-state index in [1.165, 1.54) is 4.88 Å². The molecule has 0 saturated heterocycles. The molecule has 2 heterocycles. The van der Waals surface area contributed by atoms with E-state index in [1.54, 1.807) is 17.5 Å². The van der Waals surface area contributed by atoms with Crippen molar-refractivity contribution in [3.05, 3.63) is 46.2 Å². The van der Waals surface area contributed by atoms with E-state index in [4.69, 9.17) is 0 Å². The van der Waals surface area contributed by atoms with Crippen molar-refractivity contribution in [2.45, 2.75) is 39.4 Å². The van der Waals surface area contributed by atoms with Gasteiger partial charge in [0.1, 0.15) is 0 Å². The number of nitrogens with zero attached hydrogens (tertiary/aromatic N) is 3. The molecule has 0 radical (unpaired) electrons. The van der Waals surface area contributed by atoms with E-state index >= 15 is 0 Å². The number of rotatable bonds is 6. The number of pyridine rings is 1. The third-order valence-corrected chi connectivity index (χ3v) is 4.42. The summed E-state index contributed by atoms with van der Waals surface area (Å²) in [7, 11) is 0. The molecule has 20 heavy (non-hydrogen) atoms. The van der Waals surface area contributed by atoms with E-state index < -0.39 is 0 Å². The summed E-state index contributed by atoms with van der Waals surface area (Å²) >= 11 is 1.66. The summed E-state index contributed by atoms with van der Waals surface area (Å²) in [6.07, 6.45) is 1.80. The predicted molar refractivity (Wildman–Crippen MR) is 81.5 cm³/mol. The molecule has 0 fully saturated rings. The van der Waals surface area contributed by atoms with E-state index in [1.807, 2.05) is 44.5 Å². The summed E-state index contributed by atoms with van der Waals surface area (Å²) in [6.45, 7) is 7.72. The van der Waals surface area contributed by atoms with Gasteiger partial charge in [-0.15, -0.1) is 11.3 Å². The monoisotopic (exact) mass is 291 g/mol. The van der Waals surface area contributed by atoms with Crippen molar-refractivity contribution in [3.63, 3.8) is 0 Å². The maximum atomic E-state index is 9.67. The molecule has 0 spiro atoms. The lowest BCUT2D eigenvalue weighted by Gasteiger charge is -2.36. The van der Waals surface area contributed by atoms with Gasteiger partial charge >= 0.3 is 0 Å². The van der Waals surface area contributed by atoms with Crippen molar-refractivity contribution in [2.75, 3.05) is 6.61 Å². The van der Waals surface area contributed by atoms with Crippen LogP contribution in [0.15, 0.2) is 29.9 Å². The van der Waals surface area contributed by atoms with Gasteiger partial charge in [0, 0.05) is 29.7 Å². The zero-order chi connectivity index (χ0) is 14.6. The highest BCUT2D eigenvalue weighted by Crippen LogP contribution is 2.23. The van der Waals surface area contributed by atoms with Gasteiger partial charge < -0.3 is 5.11 Å². The Bertz CT molecular complexity index is 539. The van der Waals surface area contributed by atoms with Crippen LogP contribution in [-0.2, 0) is 13.1 Å². The summed E-state index contributed by atoms with van der Waals surface area (Å²) in [5, 5.41) is 9.67. The fourth-order valence-electron chi connectivity index (χ4n) is 1.92. The van der Waals surface area contributed by atoms with Crippen molar-refractivity contribution >= 4 is 11.3 Å². The van der Waals surface area contributed by atoms with Crippen LogP contribution in [0.4, 0.5) is 0 Å². The van der Waals surface area contributed by atoms with Gasteiger partial charge in [0.05, 0.1) is 23.5 Å². The molecule has 0 aliphatic rings. The van der Waals surface area contributed by atoms with E-state index in [2.05, 4.69) is 14.9 Å². The second-order valence-corrected chi connectivity index (χ2v) is 6.45. The van der Waals surface area contributed by atoms with E-state index in [-0.39, 0.29) is 12.1 Å². The quantitative estimate of drug-likeness (QED) is 0.889. The Morgan fingerprint density at radius 2 is 2.05 bits per heavy atom. The molecule has 2 aromatic rings. The van der Waals surface area contributed by atoms with Crippen LogP contribution in [0, 0.1) is 6.92 Å². The number of aliphatic hydroxyl groups excluding tert-OH is 1. The van der Waals surface area contributed by atoms with Crippen molar-refractivity contribution in [1.29, 1.82) is 0 Å². The molecule has 4 nitrogen and oxygen atoms in total. The molecule has 0 aliphatic carbocycles. The molecule has 0 unspecified atom stereocenters. The maximum Gasteiger partial charge on any atom is 0.0798 e. The summed E-state index contributed by atoms with van der Waals surface area (Å²) in [5.41, 5.74) is 3.65. The Morgan fingerprint density at radius 3 is 2.60 bits per heavy atom. The maximum absolute atomic E-state index is 9.67. The van der Waals surface area contributed by atoms with Gasteiger partial charge in [-0.25, -0.2) is 4.98 Å². The summed E-state index contributed by atoms with van der Waals surface area (Å²) in [4.78, 5) is 12.2. The lowest BCUT2D eigenvalue weighted by Crippen LogP contribution is -2.45. The van der Waals surface area contributed by atoms with Crippen LogP contribution in [0.5, 0.6) is 0 Å². The highest BCUT2D eigenvalue weighted by molar-refractivity contribution is 7.09. The van der Waals surface area contributed by atoms with E-state index in [0.29, 0.717) is 6.54 Å². The number of thiazole rings is 1. The third-order valence-electron chi connectivity index (χ3n) is 3.50. The number of hydrogen-bond donors (Lipinski definition) is 1. The van der Waals surface area contributed by atoms with Gasteiger partial charge in [-0.2, -0.15) is 0 Å². The lowest BCUT2D eigenvalue weighted by atomic mass is 10.0. The highest BCUT2D eigenvalue weighted by atomic mass is 32.1. The molecule has 5 heteroatoms. The molecule has 0 bridgehead atoms. The minimum Gasteiger partial charge on any atom is -0.394 e. The Hall–Kier alpha value is -1.30. The largest absolute Gasteiger partial charge is 0.394 e. The summed E-state index contributed by atoms with van der Waals surface area (Å²) in [6, 6.07) is 5.92. The molecular formula is C15H21N3OS. The zero-order valence-electron chi connectivity index (χ0n) is 12.2. The lowest BCUT2D eigenvalue weighted by molar-refractivity contribution is 0.0436. The van der Waals surface area contributed by atoms with Crippen LogP contribution in [0.3, 0.4) is 0 Å². The Morgan fingerprint density at radius 1 is 1.25 bits per heavy atom. The van der Waals surface area contributed by atoms with Crippen molar-refractivity contribution in [3.8, 4) is 0 Å². The number of hydrogen-bond acceptors (Lipinski definition) is 5. The van der Waals surface area contributed by atoms with Gasteiger partial charge in [-0.1, -0.05) is 6.07 Å². The van der Waals surface area contributed by atoms with Crippen molar-refractivity contribution in [1.82, 2.24) is 14.9 Å². The number of aryl methyl sites for hydroxylation is 1. The molecule has 0 amide bonds. The molecule has 108 valence electrons. The van der Waals surface area contributed by atoms with Crippen LogP contribution in [0.1, 0.15) is 30.1 Å². The summed E-state index contributed by atoms with van der Waals surface area (Å²) in [5.74, 6) is 0. The van der Waals surface area contributed by atoms with Crippen LogP contribution >= 0.6 is 11.3 Å². The van der Waals surface area contributed by atoms with Gasteiger partial charge in [0.25, 0.3) is 0 Å². The fraction of sp³-hybridized carbons (Fsp3) is 0.467. The SMILES string of the molecule is Cc1ncsc1CN(Cc1ccccn1)C(C)(C)CO. The molecule has 0 aliphatic heterocycles. The molecule has 2 rings (SSSR count). The first-order chi connectivity index (χ1) is 9.53. The first kappa shape index (κ1) is 15.1. The molecule has 0 atom stereocenters. The second-order valence-electron chi connectivity index (χ2n) is 5.51.